The van der Waals surface area contributed by atoms with Gasteiger partial charge in [-0.3, -0.25) is 0 Å². The van der Waals surface area contributed by atoms with E-state index in [2.05, 4.69) is 5.32 Å². The highest BCUT2D eigenvalue weighted by molar-refractivity contribution is 5.88. The third-order valence-corrected chi connectivity index (χ3v) is 1.93. The summed E-state index contributed by atoms with van der Waals surface area (Å²) >= 11 is 0. The van der Waals surface area contributed by atoms with Crippen LogP contribution in [-0.4, -0.2) is 12.6 Å². The third kappa shape index (κ3) is 3.06. The molecule has 1 aromatic carbocycles. The highest BCUT2D eigenvalue weighted by Crippen LogP contribution is 2.16. The molecule has 4 heteroatoms. The van der Waals surface area contributed by atoms with Crippen LogP contribution in [0, 0.1) is 0 Å². The second-order valence-electron chi connectivity index (χ2n) is 3.04. The zero-order chi connectivity index (χ0) is 10.4. The molecule has 2 amide bonds. The van der Waals surface area contributed by atoms with Gasteiger partial charge in [-0.2, -0.15) is 0 Å². The summed E-state index contributed by atoms with van der Waals surface area (Å²) in [4.78, 5) is 10.7. The molecule has 0 aliphatic rings. The molecule has 0 atom stereocenters. The molecule has 0 aliphatic heterocycles. The molecule has 5 N–H and O–H groups in total. The number of carbonyl (C=O) groups is 1. The fraction of sp³-hybridized carbons (Fsp3) is 0.300. The summed E-state index contributed by atoms with van der Waals surface area (Å²) in [7, 11) is 0. The Morgan fingerprint density at radius 1 is 1.36 bits per heavy atom. The normalized spacial score (nSPS) is 9.79. The molecule has 0 saturated heterocycles. The number of anilines is 1. The summed E-state index contributed by atoms with van der Waals surface area (Å²) < 4.78 is 0. The Balaban J connectivity index is 2.74. The number of nitrogens with one attached hydrogen (secondary N) is 1. The van der Waals surface area contributed by atoms with Gasteiger partial charge in [-0.1, -0.05) is 18.2 Å². The molecule has 1 rings (SSSR count). The Bertz CT molecular complexity index is 312. The van der Waals surface area contributed by atoms with Crippen LogP contribution in [0.4, 0.5) is 10.5 Å². The number of carbonyl (C=O) groups excluding carboxylic acids is 1. The molecule has 0 spiro atoms. The minimum absolute atomic E-state index is 0.537. The lowest BCUT2D eigenvalue weighted by atomic mass is 10.1. The fourth-order valence-electron chi connectivity index (χ4n) is 1.29. The molecule has 0 aliphatic carbocycles. The number of aryl methyl sites for hydroxylation is 1. The van der Waals surface area contributed by atoms with Gasteiger partial charge in [0.15, 0.2) is 0 Å². The van der Waals surface area contributed by atoms with Gasteiger partial charge in [0.25, 0.3) is 0 Å². The van der Waals surface area contributed by atoms with E-state index in [-0.39, 0.29) is 0 Å². The van der Waals surface area contributed by atoms with Crippen LogP contribution in [-0.2, 0) is 6.42 Å². The van der Waals surface area contributed by atoms with Crippen LogP contribution >= 0.6 is 0 Å². The summed E-state index contributed by atoms with van der Waals surface area (Å²) in [5, 5.41) is 2.58. The summed E-state index contributed by atoms with van der Waals surface area (Å²) in [5.74, 6) is 0. The molecule has 0 fully saturated rings. The van der Waals surface area contributed by atoms with Crippen molar-refractivity contribution in [3.63, 3.8) is 0 Å². The topological polar surface area (TPSA) is 81.1 Å². The predicted molar refractivity (Wildman–Crippen MR) is 57.0 cm³/mol. The lowest BCUT2D eigenvalue weighted by molar-refractivity contribution is 0.259. The lowest BCUT2D eigenvalue weighted by Gasteiger charge is -2.08. The van der Waals surface area contributed by atoms with Crippen molar-refractivity contribution in [1.29, 1.82) is 0 Å². The molecular formula is C10H15N3O. The summed E-state index contributed by atoms with van der Waals surface area (Å²) in [6.45, 7) is 0.644. The zero-order valence-corrected chi connectivity index (χ0v) is 7.99. The molecule has 0 radical (unpaired) electrons. The molecule has 76 valence electrons. The molecule has 4 nitrogen and oxygen atoms in total. The average Bonchev–Trinajstić information content (AvgIpc) is 2.16. The first-order valence-corrected chi connectivity index (χ1v) is 4.58. The quantitative estimate of drug-likeness (QED) is 0.668. The van der Waals surface area contributed by atoms with E-state index >= 15 is 0 Å². The van der Waals surface area contributed by atoms with Crippen LogP contribution in [0.5, 0.6) is 0 Å². The molecule has 0 heterocycles. The number of hydrogen-bond donors (Lipinski definition) is 3. The van der Waals surface area contributed by atoms with Crippen LogP contribution in [0.25, 0.3) is 0 Å². The molecule has 1 aromatic rings. The summed E-state index contributed by atoms with van der Waals surface area (Å²) in [5.41, 5.74) is 12.3. The van der Waals surface area contributed by atoms with Crippen LogP contribution in [0.1, 0.15) is 12.0 Å². The second-order valence-corrected chi connectivity index (χ2v) is 3.04. The Kier molecular flexibility index (Phi) is 3.94. The molecule has 0 saturated carbocycles. The third-order valence-electron chi connectivity index (χ3n) is 1.93. The number of benzene rings is 1. The van der Waals surface area contributed by atoms with E-state index in [9.17, 15) is 4.79 Å². The summed E-state index contributed by atoms with van der Waals surface area (Å²) in [6.07, 6.45) is 1.75. The Morgan fingerprint density at radius 2 is 2.07 bits per heavy atom. The number of amides is 2. The molecule has 0 bridgehead atoms. The van der Waals surface area contributed by atoms with Crippen molar-refractivity contribution in [2.45, 2.75) is 12.8 Å². The first-order chi connectivity index (χ1) is 6.74. The van der Waals surface area contributed by atoms with Crippen molar-refractivity contribution < 1.29 is 4.79 Å². The monoisotopic (exact) mass is 193 g/mol. The van der Waals surface area contributed by atoms with Crippen molar-refractivity contribution in [2.75, 3.05) is 11.9 Å². The highest BCUT2D eigenvalue weighted by atomic mass is 16.2. The minimum Gasteiger partial charge on any atom is -0.351 e. The minimum atomic E-state index is -0.537. The van der Waals surface area contributed by atoms with E-state index in [0.29, 0.717) is 6.54 Å². The maximum atomic E-state index is 10.7. The summed E-state index contributed by atoms with van der Waals surface area (Å²) in [6, 6.07) is 7.04. The average molecular weight is 193 g/mol. The van der Waals surface area contributed by atoms with Gasteiger partial charge < -0.3 is 16.8 Å². The SMILES string of the molecule is NCCCc1ccccc1NC(N)=O. The second kappa shape index (κ2) is 5.24. The van der Waals surface area contributed by atoms with Crippen LogP contribution in [0.2, 0.25) is 0 Å². The van der Waals surface area contributed by atoms with Crippen LogP contribution in [0.3, 0.4) is 0 Å². The van der Waals surface area contributed by atoms with E-state index in [1.807, 2.05) is 24.3 Å². The maximum Gasteiger partial charge on any atom is 0.316 e. The van der Waals surface area contributed by atoms with Crippen molar-refractivity contribution >= 4 is 11.7 Å². The van der Waals surface area contributed by atoms with E-state index < -0.39 is 6.03 Å². The van der Waals surface area contributed by atoms with Crippen LogP contribution < -0.4 is 16.8 Å². The largest absolute Gasteiger partial charge is 0.351 e. The van der Waals surface area contributed by atoms with E-state index in [1.165, 1.54) is 0 Å². The number of primary amides is 1. The van der Waals surface area contributed by atoms with Gasteiger partial charge in [-0.25, -0.2) is 4.79 Å². The van der Waals surface area contributed by atoms with E-state index in [4.69, 9.17) is 11.5 Å². The van der Waals surface area contributed by atoms with Gasteiger partial charge in [-0.15, -0.1) is 0 Å². The lowest BCUT2D eigenvalue weighted by Crippen LogP contribution is -2.20. The van der Waals surface area contributed by atoms with Gasteiger partial charge in [0, 0.05) is 5.69 Å². The Hall–Kier alpha value is -1.55. The van der Waals surface area contributed by atoms with Gasteiger partial charge in [0.05, 0.1) is 0 Å². The molecule has 0 unspecified atom stereocenters. The molecule has 14 heavy (non-hydrogen) atoms. The molecular weight excluding hydrogens is 178 g/mol. The van der Waals surface area contributed by atoms with E-state index in [1.54, 1.807) is 0 Å². The molecule has 0 aromatic heterocycles. The number of para-hydroxylation sites is 1. The van der Waals surface area contributed by atoms with Crippen molar-refractivity contribution in [3.8, 4) is 0 Å². The zero-order valence-electron chi connectivity index (χ0n) is 7.99. The standard InChI is InChI=1S/C10H15N3O/c11-7-3-5-8-4-1-2-6-9(8)13-10(12)14/h1-2,4,6H,3,5,7,11H2,(H3,12,13,14). The van der Waals surface area contributed by atoms with Gasteiger partial charge in [-0.05, 0) is 31.0 Å². The van der Waals surface area contributed by atoms with Crippen LogP contribution in [0.15, 0.2) is 24.3 Å². The smallest absolute Gasteiger partial charge is 0.316 e. The number of rotatable bonds is 4. The number of urea groups is 1. The Labute approximate surface area is 83.3 Å². The van der Waals surface area contributed by atoms with Crippen molar-refractivity contribution in [1.82, 2.24) is 0 Å². The highest BCUT2D eigenvalue weighted by Gasteiger charge is 2.02. The number of hydrogen-bond acceptors (Lipinski definition) is 2. The van der Waals surface area contributed by atoms with Gasteiger partial charge in [0.2, 0.25) is 0 Å². The Morgan fingerprint density at radius 3 is 2.71 bits per heavy atom. The van der Waals surface area contributed by atoms with Gasteiger partial charge >= 0.3 is 6.03 Å². The van der Waals surface area contributed by atoms with E-state index in [0.717, 1.165) is 24.1 Å². The first kappa shape index (κ1) is 10.5. The number of nitrogens with two attached hydrogens (primary N) is 2. The first-order valence-electron chi connectivity index (χ1n) is 4.58. The van der Waals surface area contributed by atoms with Crippen molar-refractivity contribution in [3.05, 3.63) is 29.8 Å². The van der Waals surface area contributed by atoms with Gasteiger partial charge in [0.1, 0.15) is 0 Å². The fourth-order valence-corrected chi connectivity index (χ4v) is 1.29. The predicted octanol–water partition coefficient (Wildman–Crippen LogP) is 1.07. The van der Waals surface area contributed by atoms with Crippen molar-refractivity contribution in [2.24, 2.45) is 11.5 Å². The maximum absolute atomic E-state index is 10.7.